The van der Waals surface area contributed by atoms with Crippen molar-refractivity contribution >= 4 is 40.8 Å². The topological polar surface area (TPSA) is 94.5 Å². The molecule has 0 spiro atoms. The Balaban J connectivity index is 1.19. The number of halogens is 2. The molecule has 1 atom stereocenters. The predicted molar refractivity (Wildman–Crippen MR) is 155 cm³/mol. The Morgan fingerprint density at radius 2 is 1.92 bits per heavy atom. The second-order valence-corrected chi connectivity index (χ2v) is 11.3. The van der Waals surface area contributed by atoms with Crippen molar-refractivity contribution in [1.29, 1.82) is 0 Å². The number of hydrogen-bond acceptors (Lipinski definition) is 7. The van der Waals surface area contributed by atoms with E-state index in [-0.39, 0.29) is 23.7 Å². The smallest absolute Gasteiger partial charge is 0.229 e. The number of amides is 1. The molecule has 1 unspecified atom stereocenters. The first-order valence-corrected chi connectivity index (χ1v) is 14.3. The van der Waals surface area contributed by atoms with Crippen LogP contribution in [0.15, 0.2) is 35.0 Å². The van der Waals surface area contributed by atoms with Crippen molar-refractivity contribution in [2.45, 2.75) is 77.3 Å². The third kappa shape index (κ3) is 6.94. The summed E-state index contributed by atoms with van der Waals surface area (Å²) in [5.74, 6) is 1.47. The van der Waals surface area contributed by atoms with Gasteiger partial charge < -0.3 is 20.9 Å². The lowest BCUT2D eigenvalue weighted by atomic mass is 9.86. The van der Waals surface area contributed by atoms with Gasteiger partial charge in [-0.2, -0.15) is 4.98 Å². The summed E-state index contributed by atoms with van der Waals surface area (Å²) in [7, 11) is 0. The van der Waals surface area contributed by atoms with Crippen molar-refractivity contribution < 1.29 is 9.18 Å². The largest absolute Gasteiger partial charge is 0.353 e. The highest BCUT2D eigenvalue weighted by Crippen LogP contribution is 2.34. The van der Waals surface area contributed by atoms with Gasteiger partial charge in [-0.3, -0.25) is 9.79 Å². The third-order valence-corrected chi connectivity index (χ3v) is 8.07. The van der Waals surface area contributed by atoms with E-state index >= 15 is 4.39 Å². The fourth-order valence-electron chi connectivity index (χ4n) is 5.34. The molecule has 1 aromatic carbocycles. The number of aryl methyl sites for hydroxylation is 1. The number of piperidine rings is 1. The summed E-state index contributed by atoms with van der Waals surface area (Å²) in [6.07, 6.45) is 9.06. The Labute approximate surface area is 234 Å². The molecule has 3 N–H and O–H groups in total. The molecule has 1 amide bonds. The van der Waals surface area contributed by atoms with Crippen molar-refractivity contribution in [2.24, 2.45) is 4.99 Å². The van der Waals surface area contributed by atoms with Gasteiger partial charge in [-0.15, -0.1) is 0 Å². The van der Waals surface area contributed by atoms with Crippen LogP contribution >= 0.6 is 11.6 Å². The molecule has 1 saturated heterocycles. The van der Waals surface area contributed by atoms with Crippen molar-refractivity contribution in [3.05, 3.63) is 51.9 Å². The minimum Gasteiger partial charge on any atom is -0.353 e. The highest BCUT2D eigenvalue weighted by molar-refractivity contribution is 6.33. The van der Waals surface area contributed by atoms with Crippen LogP contribution in [-0.2, 0) is 4.79 Å². The van der Waals surface area contributed by atoms with E-state index in [2.05, 4.69) is 49.7 Å². The summed E-state index contributed by atoms with van der Waals surface area (Å²) >= 11 is 6.33. The maximum atomic E-state index is 15.3. The summed E-state index contributed by atoms with van der Waals surface area (Å²) in [6, 6.07) is 4.03. The Bertz CT molecular complexity index is 1280. The molecule has 2 fully saturated rings. The molecule has 8 nitrogen and oxygen atoms in total. The summed E-state index contributed by atoms with van der Waals surface area (Å²) < 4.78 is 15.3. The van der Waals surface area contributed by atoms with Gasteiger partial charge in [0.25, 0.3) is 0 Å². The molecule has 1 aliphatic carbocycles. The fourth-order valence-corrected chi connectivity index (χ4v) is 5.48. The fraction of sp³-hybridized carbons (Fsp3) is 0.517. The lowest BCUT2D eigenvalue weighted by Crippen LogP contribution is -2.36. The maximum absolute atomic E-state index is 15.3. The van der Waals surface area contributed by atoms with Crippen LogP contribution in [0.1, 0.15) is 69.4 Å². The molecule has 0 bridgehead atoms. The third-order valence-electron chi connectivity index (χ3n) is 7.79. The number of likely N-dealkylation sites (tertiary alicyclic amines) is 1. The Kier molecular flexibility index (Phi) is 8.47. The van der Waals surface area contributed by atoms with E-state index in [1.54, 1.807) is 6.07 Å². The molecular formula is C29H37ClFN7O. The number of aliphatic imine (C=N–C) groups is 1. The van der Waals surface area contributed by atoms with Gasteiger partial charge in [0.1, 0.15) is 16.7 Å². The van der Waals surface area contributed by atoms with Crippen LogP contribution in [0, 0.1) is 12.7 Å². The van der Waals surface area contributed by atoms with Gasteiger partial charge in [-0.25, -0.2) is 9.37 Å². The van der Waals surface area contributed by atoms with E-state index < -0.39 is 0 Å². The first-order chi connectivity index (χ1) is 18.8. The molecule has 3 heterocycles. The zero-order valence-corrected chi connectivity index (χ0v) is 23.6. The zero-order chi connectivity index (χ0) is 27.5. The van der Waals surface area contributed by atoms with Crippen LogP contribution in [-0.4, -0.2) is 58.3 Å². The number of aromatic nitrogens is 2. The number of amidine groups is 1. The van der Waals surface area contributed by atoms with Crippen LogP contribution in [0.5, 0.6) is 0 Å². The van der Waals surface area contributed by atoms with Crippen LogP contribution in [0.3, 0.4) is 0 Å². The Morgan fingerprint density at radius 3 is 2.62 bits per heavy atom. The SMILES string of the molecule is CCC1N=C(Nc2nc(Nc3cc(C)c(C4CCN(CCC(=O)NC5CC5)CC4)cc3F)ncc2Cl)C=C1C. The molecule has 1 saturated carbocycles. The second-order valence-electron chi connectivity index (χ2n) is 10.9. The Morgan fingerprint density at radius 1 is 1.15 bits per heavy atom. The van der Waals surface area contributed by atoms with E-state index in [9.17, 15) is 4.79 Å². The van der Waals surface area contributed by atoms with Crippen LogP contribution < -0.4 is 16.0 Å². The highest BCUT2D eigenvalue weighted by atomic mass is 35.5. The molecule has 208 valence electrons. The predicted octanol–water partition coefficient (Wildman–Crippen LogP) is 5.72. The molecule has 5 rings (SSSR count). The minimum absolute atomic E-state index is 0.151. The van der Waals surface area contributed by atoms with E-state index in [1.807, 2.05) is 19.1 Å². The molecule has 2 aromatic rings. The second kappa shape index (κ2) is 12.0. The molecule has 39 heavy (non-hydrogen) atoms. The van der Waals surface area contributed by atoms with E-state index in [0.717, 1.165) is 62.9 Å². The van der Waals surface area contributed by atoms with Crippen molar-refractivity contribution in [3.8, 4) is 0 Å². The van der Waals surface area contributed by atoms with Crippen LogP contribution in [0.25, 0.3) is 0 Å². The van der Waals surface area contributed by atoms with Crippen LogP contribution in [0.2, 0.25) is 5.02 Å². The lowest BCUT2D eigenvalue weighted by molar-refractivity contribution is -0.121. The molecule has 1 aromatic heterocycles. The van der Waals surface area contributed by atoms with Gasteiger partial charge in [-0.05, 0) is 99.9 Å². The van der Waals surface area contributed by atoms with Gasteiger partial charge in [0, 0.05) is 19.0 Å². The number of nitrogens with one attached hydrogen (secondary N) is 3. The van der Waals surface area contributed by atoms with Crippen molar-refractivity contribution in [3.63, 3.8) is 0 Å². The Hall–Kier alpha value is -3.04. The zero-order valence-electron chi connectivity index (χ0n) is 22.9. The molecule has 3 aliphatic rings. The average Bonchev–Trinajstić information content (AvgIpc) is 3.66. The number of benzene rings is 1. The number of carbonyl (C=O) groups excluding carboxylic acids is 1. The number of anilines is 3. The highest BCUT2D eigenvalue weighted by Gasteiger charge is 2.26. The number of hydrogen-bond donors (Lipinski definition) is 3. The van der Waals surface area contributed by atoms with Gasteiger partial charge >= 0.3 is 0 Å². The normalized spacial score (nSPS) is 20.0. The first kappa shape index (κ1) is 27.5. The summed E-state index contributed by atoms with van der Waals surface area (Å²) in [6.45, 7) is 8.77. The van der Waals surface area contributed by atoms with Gasteiger partial charge in [0.15, 0.2) is 5.82 Å². The maximum Gasteiger partial charge on any atom is 0.229 e. The molecule has 10 heteroatoms. The first-order valence-electron chi connectivity index (χ1n) is 13.9. The number of rotatable bonds is 9. The van der Waals surface area contributed by atoms with Crippen molar-refractivity contribution in [1.82, 2.24) is 20.2 Å². The molecular weight excluding hydrogens is 517 g/mol. The molecule has 2 aliphatic heterocycles. The van der Waals surface area contributed by atoms with Gasteiger partial charge in [0.05, 0.1) is 17.9 Å². The summed E-state index contributed by atoms with van der Waals surface area (Å²) in [4.78, 5) is 27.7. The van der Waals surface area contributed by atoms with Gasteiger partial charge in [-0.1, -0.05) is 18.5 Å². The standard InChI is InChI=1S/C29H37ClFN7O/c1-4-24-18(3)14-26(34-24)36-28-22(30)16-32-29(37-28)35-25-13-17(2)21(15-23(25)31)19-7-10-38(11-8-19)12-9-27(39)33-20-5-6-20/h13-16,19-20,24H,4-12H2,1-3H3,(H,33,39)(H2,32,34,35,36,37). The summed E-state index contributed by atoms with van der Waals surface area (Å²) in [5.41, 5.74) is 3.57. The quantitative estimate of drug-likeness (QED) is 0.368. The van der Waals surface area contributed by atoms with E-state index in [0.29, 0.717) is 40.7 Å². The molecule has 0 radical (unpaired) electrons. The number of carbonyl (C=O) groups is 1. The van der Waals surface area contributed by atoms with E-state index in [4.69, 9.17) is 11.6 Å². The average molecular weight is 554 g/mol. The van der Waals surface area contributed by atoms with E-state index in [1.165, 1.54) is 11.8 Å². The van der Waals surface area contributed by atoms with Gasteiger partial charge in [0.2, 0.25) is 11.9 Å². The lowest BCUT2D eigenvalue weighted by Gasteiger charge is -2.32. The van der Waals surface area contributed by atoms with Crippen LogP contribution in [0.4, 0.5) is 21.8 Å². The number of nitrogens with zero attached hydrogens (tertiary/aromatic N) is 4. The summed E-state index contributed by atoms with van der Waals surface area (Å²) in [5, 5.41) is 9.60. The minimum atomic E-state index is -0.340. The monoisotopic (exact) mass is 553 g/mol. The van der Waals surface area contributed by atoms with Crippen molar-refractivity contribution in [2.75, 3.05) is 30.3 Å².